The number of aromatic nitrogens is 4. The van der Waals surface area contributed by atoms with Crippen LogP contribution in [0.25, 0.3) is 33.2 Å². The van der Waals surface area contributed by atoms with Crippen LogP contribution in [0.2, 0.25) is 0 Å². The molecule has 7 aromatic carbocycles. The Bertz CT molecular complexity index is 4480. The predicted molar refractivity (Wildman–Crippen MR) is 298 cm³/mol. The van der Waals surface area contributed by atoms with Crippen LogP contribution in [0, 0.1) is 0 Å². The summed E-state index contributed by atoms with van der Waals surface area (Å²) < 4.78 is 91.0. The number of carboxylic acid groups (broad SMARTS) is 1. The number of benzene rings is 7. The highest BCUT2D eigenvalue weighted by Gasteiger charge is 2.36. The molecule has 434 valence electrons. The van der Waals surface area contributed by atoms with Gasteiger partial charge in [-0.1, -0.05) is 81.8 Å². The molecular weight excluding hydrogens is 1220 g/mol. The number of carbonyl (C=O) groups is 3. The fourth-order valence-electron chi connectivity index (χ4n) is 8.83. The first-order chi connectivity index (χ1) is 40.7. The Kier molecular flexibility index (Phi) is 17.2. The Morgan fingerprint density at radius 1 is 0.576 bits per heavy atom. The molecule has 0 saturated carbocycles. The van der Waals surface area contributed by atoms with Crippen LogP contribution in [0.15, 0.2) is 163 Å². The molecule has 0 atom stereocenters. The number of ether oxygens (including phenoxy) is 1. The Balaban J connectivity index is 1.20. The number of hydrogen-bond donors (Lipinski definition) is 11. The van der Waals surface area contributed by atoms with Crippen molar-refractivity contribution < 1.29 is 99.2 Å². The van der Waals surface area contributed by atoms with Crippen LogP contribution in [0.3, 0.4) is 0 Å². The van der Waals surface area contributed by atoms with Gasteiger partial charge in [0.1, 0.15) is 10.6 Å². The minimum absolute atomic E-state index is 0.0264. The number of ketones is 2. The van der Waals surface area contributed by atoms with Crippen molar-refractivity contribution in [1.82, 2.24) is 19.9 Å². The summed E-state index contributed by atoms with van der Waals surface area (Å²) in [5, 5.41) is 67.4. The molecule has 1 aliphatic rings. The molecule has 0 amide bonds. The molecule has 0 unspecified atom stereocenters. The number of nitrogens with one attached hydrogen (secondary N) is 4. The van der Waals surface area contributed by atoms with Crippen molar-refractivity contribution in [3.05, 3.63) is 172 Å². The quantitative estimate of drug-likeness (QED) is 0.00932. The van der Waals surface area contributed by atoms with E-state index in [2.05, 4.69) is 55.3 Å². The van der Waals surface area contributed by atoms with E-state index in [0.29, 0.717) is 35.2 Å². The second-order valence-electron chi connectivity index (χ2n) is 17.3. The zero-order chi connectivity index (χ0) is 60.3. The number of fused-ring (bicyclic) bond motifs is 2. The maximum Gasteiger partial charge on any atom is 0.337 e. The third-order valence-corrected chi connectivity index (χ3v) is 15.9. The summed E-state index contributed by atoms with van der Waals surface area (Å²) in [5.74, 6) is -4.44. The molecule has 1 aliphatic carbocycles. The monoisotopic (exact) mass is 1260 g/mol. The van der Waals surface area contributed by atoms with Gasteiger partial charge in [-0.15, -0.1) is 13.0 Å². The van der Waals surface area contributed by atoms with Crippen LogP contribution in [0.1, 0.15) is 42.2 Å². The lowest BCUT2D eigenvalue weighted by atomic mass is 9.80. The minimum Gasteiger partial charge on any atom is -0.479 e. The van der Waals surface area contributed by atoms with E-state index in [9.17, 15) is 61.1 Å². The number of anilines is 6. The van der Waals surface area contributed by atoms with Gasteiger partial charge in [0.2, 0.25) is 11.9 Å². The fourth-order valence-corrected chi connectivity index (χ4v) is 11.4. The molecule has 0 bridgehead atoms. The third kappa shape index (κ3) is 12.6. The number of para-hydroxylation sites is 1. The molecular formula is C51H33N7O22S5. The molecule has 0 radical (unpaired) electrons. The van der Waals surface area contributed by atoms with E-state index in [1.807, 2.05) is 0 Å². The zero-order valence-electron chi connectivity index (χ0n) is 41.8. The molecule has 2 aromatic heterocycles. The number of rotatable bonds is 23. The number of carbonyl (C=O) groups excluding carboxylic acids is 2. The number of nitrogens with zero attached hydrogens (tertiary/aromatic N) is 3. The van der Waals surface area contributed by atoms with E-state index in [1.54, 1.807) is 6.07 Å². The summed E-state index contributed by atoms with van der Waals surface area (Å²) in [6.07, 6.45) is 0. The lowest BCUT2D eigenvalue weighted by Crippen LogP contribution is -2.24. The highest BCUT2D eigenvalue weighted by Crippen LogP contribution is 2.50. The molecule has 11 N–H and O–H groups in total. The molecule has 0 spiro atoms. The molecule has 10 rings (SSSR count). The topological polar surface area (TPSA) is 433 Å². The van der Waals surface area contributed by atoms with Crippen molar-refractivity contribution in [3.8, 4) is 39.8 Å². The Morgan fingerprint density at radius 3 is 1.91 bits per heavy atom. The number of aromatic amines is 1. The molecule has 2 heterocycles. The summed E-state index contributed by atoms with van der Waals surface area (Å²) in [5.41, 5.74) is -2.66. The summed E-state index contributed by atoms with van der Waals surface area (Å²) in [7, 11) is -9.87. The van der Waals surface area contributed by atoms with Crippen molar-refractivity contribution in [2.75, 3.05) is 16.0 Å². The normalized spacial score (nSPS) is 12.0. The van der Waals surface area contributed by atoms with Crippen molar-refractivity contribution in [2.24, 2.45) is 0 Å². The Morgan fingerprint density at radius 2 is 1.22 bits per heavy atom. The van der Waals surface area contributed by atoms with E-state index < -0.39 is 82.3 Å². The largest absolute Gasteiger partial charge is 0.479 e. The van der Waals surface area contributed by atoms with Crippen molar-refractivity contribution in [2.45, 2.75) is 24.5 Å². The number of pyridine rings is 1. The second-order valence-corrected chi connectivity index (χ2v) is 22.3. The Hall–Kier alpha value is -8.92. The van der Waals surface area contributed by atoms with E-state index in [-0.39, 0.29) is 99.6 Å². The number of aromatic hydroxyl groups is 1. The van der Waals surface area contributed by atoms with Crippen molar-refractivity contribution in [1.29, 1.82) is 0 Å². The Labute approximate surface area is 487 Å². The van der Waals surface area contributed by atoms with Crippen LogP contribution in [0.4, 0.5) is 34.6 Å². The minimum atomic E-state index is -5.30. The number of aromatic carboxylic acids is 1. The SMILES string of the molecule is O=C(O)c1ccccc1Nc1nc(O)nc(Nc2cc(Nc3cc(Oc4ccc(-c5ccc(S(=O)(=O)O)cc5)cc4SOOO)c4[nH]c(=O)c(C(=O)c5cccc(SOOO)c5)c5c4c3C(=O)c3ccccc3-5)c(SOOO)cc2S(=O)(=O)O)n1. The van der Waals surface area contributed by atoms with Crippen LogP contribution in [-0.2, 0) is 48.4 Å². The van der Waals surface area contributed by atoms with E-state index in [0.717, 1.165) is 24.3 Å². The molecule has 85 heavy (non-hydrogen) atoms. The zero-order valence-corrected chi connectivity index (χ0v) is 45.9. The van der Waals surface area contributed by atoms with Gasteiger partial charge in [-0.25, -0.2) is 20.6 Å². The van der Waals surface area contributed by atoms with Crippen LogP contribution in [-0.4, -0.2) is 89.4 Å². The lowest BCUT2D eigenvalue weighted by Gasteiger charge is -2.26. The average Bonchev–Trinajstić information content (AvgIpc) is 0.956. The second kappa shape index (κ2) is 24.7. The van der Waals surface area contributed by atoms with Gasteiger partial charge in [0.05, 0.1) is 95.8 Å². The van der Waals surface area contributed by atoms with Gasteiger partial charge in [0.15, 0.2) is 17.3 Å². The van der Waals surface area contributed by atoms with E-state index in [1.165, 1.54) is 103 Å². The molecule has 0 saturated heterocycles. The van der Waals surface area contributed by atoms with E-state index >= 15 is 4.79 Å². The first-order valence-electron chi connectivity index (χ1n) is 23.4. The fraction of sp³-hybridized carbons (Fsp3) is 0. The maximum absolute atomic E-state index is 15.3. The number of hydrogen-bond acceptors (Lipinski definition) is 28. The van der Waals surface area contributed by atoms with Gasteiger partial charge >= 0.3 is 12.0 Å². The van der Waals surface area contributed by atoms with Gasteiger partial charge in [0, 0.05) is 33.0 Å². The molecule has 29 nitrogen and oxygen atoms in total. The summed E-state index contributed by atoms with van der Waals surface area (Å²) >= 11 is 1.09. The lowest BCUT2D eigenvalue weighted by molar-refractivity contribution is -0.432. The standard InChI is InChI=1S/C51H33N7O22S5/c59-45(25-6-5-7-26(18-25)81-78-75-65)43-40-28-8-1-2-9-29(28)46(60)41-34(21-36(44(42(40)41)55-47(43)61)74-35-17-14-24(19-38(35)83-80-77-67)23-12-15-27(16-13-23)84(68,69)70)52-32-20-33(39(85(71,72)73)22-37(32)82-79-76-66)54-50-56-49(57-51(64)58-50)53-31-11-4-3-10-30(31)48(62)63/h1-22,52,65-67H,(H,55,61)(H,62,63)(H,68,69,70)(H,71,72,73)(H3,53,54,56,57,58,64). The smallest absolute Gasteiger partial charge is 0.337 e. The van der Waals surface area contributed by atoms with Crippen LogP contribution >= 0.6 is 36.1 Å². The van der Waals surface area contributed by atoms with Crippen molar-refractivity contribution in [3.63, 3.8) is 0 Å². The van der Waals surface area contributed by atoms with E-state index in [4.69, 9.17) is 18.7 Å². The summed E-state index contributed by atoms with van der Waals surface area (Å²) in [6, 6.07) is 28.7. The van der Waals surface area contributed by atoms with Gasteiger partial charge in [-0.2, -0.15) is 31.8 Å². The summed E-state index contributed by atoms with van der Waals surface area (Å²) in [6.45, 7) is 0. The molecule has 0 aliphatic heterocycles. The van der Waals surface area contributed by atoms with Gasteiger partial charge < -0.3 is 35.9 Å². The highest BCUT2D eigenvalue weighted by atomic mass is 32.2. The first kappa shape index (κ1) is 59.2. The average molecular weight is 1260 g/mol. The van der Waals surface area contributed by atoms with Crippen LogP contribution in [0.5, 0.6) is 17.5 Å². The van der Waals surface area contributed by atoms with Gasteiger partial charge in [0.25, 0.3) is 25.8 Å². The molecule has 34 heteroatoms. The number of carboxylic acids is 1. The summed E-state index contributed by atoms with van der Waals surface area (Å²) in [4.78, 5) is 70.0. The predicted octanol–water partition coefficient (Wildman–Crippen LogP) is 10.0. The highest BCUT2D eigenvalue weighted by molar-refractivity contribution is 7.95. The maximum atomic E-state index is 15.3. The third-order valence-electron chi connectivity index (χ3n) is 12.3. The molecule has 9 aromatic rings. The molecule has 0 fully saturated rings. The number of H-pyrrole nitrogens is 1. The van der Waals surface area contributed by atoms with Crippen LogP contribution < -0.4 is 26.2 Å². The van der Waals surface area contributed by atoms with Gasteiger partial charge in [-0.05, 0) is 77.4 Å². The van der Waals surface area contributed by atoms with Crippen molar-refractivity contribution >= 4 is 119 Å². The first-order valence-corrected chi connectivity index (χ1v) is 28.5. The van der Waals surface area contributed by atoms with Gasteiger partial charge in [-0.3, -0.25) is 23.5 Å².